The molecule has 0 bridgehead atoms. The number of rotatable bonds is 6. The molecule has 27 heavy (non-hydrogen) atoms. The fraction of sp³-hybridized carbons (Fsp3) is 0.429. The van der Waals surface area contributed by atoms with Crippen LogP contribution in [0.5, 0.6) is 11.5 Å². The van der Waals surface area contributed by atoms with Crippen LogP contribution < -0.4 is 9.47 Å². The van der Waals surface area contributed by atoms with Crippen molar-refractivity contribution in [3.63, 3.8) is 0 Å². The van der Waals surface area contributed by atoms with Crippen LogP contribution in [0.3, 0.4) is 0 Å². The van der Waals surface area contributed by atoms with E-state index in [0.717, 1.165) is 16.8 Å². The summed E-state index contributed by atoms with van der Waals surface area (Å²) in [5, 5.41) is 9.31. The molecule has 1 N–H and O–H groups in total. The van der Waals surface area contributed by atoms with E-state index in [1.165, 1.54) is 0 Å². The number of piperidine rings is 1. The molecule has 0 spiro atoms. The summed E-state index contributed by atoms with van der Waals surface area (Å²) < 4.78 is 10.9. The van der Waals surface area contributed by atoms with Gasteiger partial charge in [0, 0.05) is 6.20 Å². The number of aliphatic carboxylic acids is 1. The van der Waals surface area contributed by atoms with Gasteiger partial charge in [-0.05, 0) is 62.2 Å². The highest BCUT2D eigenvalue weighted by Crippen LogP contribution is 2.37. The molecule has 2 heterocycles. The minimum atomic E-state index is -0.702. The molecule has 1 unspecified atom stereocenters. The summed E-state index contributed by atoms with van der Waals surface area (Å²) in [4.78, 5) is 18.3. The maximum atomic E-state index is 11.3. The molecule has 1 saturated heterocycles. The summed E-state index contributed by atoms with van der Waals surface area (Å²) in [6.07, 6.45) is 3.09. The Morgan fingerprint density at radius 1 is 1.19 bits per heavy atom. The first-order chi connectivity index (χ1) is 13.0. The monoisotopic (exact) mass is 370 g/mol. The highest BCUT2D eigenvalue weighted by molar-refractivity contribution is 5.70. The highest BCUT2D eigenvalue weighted by atomic mass is 16.5. The van der Waals surface area contributed by atoms with Crippen LogP contribution in [0.25, 0.3) is 0 Å². The quantitative estimate of drug-likeness (QED) is 0.841. The molecule has 0 amide bonds. The van der Waals surface area contributed by atoms with E-state index in [1.54, 1.807) is 20.4 Å². The Morgan fingerprint density at radius 3 is 2.48 bits per heavy atom. The van der Waals surface area contributed by atoms with Crippen molar-refractivity contribution in [1.29, 1.82) is 0 Å². The molecule has 0 saturated carbocycles. The van der Waals surface area contributed by atoms with E-state index in [9.17, 15) is 9.90 Å². The van der Waals surface area contributed by atoms with Crippen LogP contribution in [0.1, 0.15) is 35.7 Å². The number of likely N-dealkylation sites (tertiary alicyclic amines) is 1. The average molecular weight is 370 g/mol. The Morgan fingerprint density at radius 2 is 1.89 bits per heavy atom. The Bertz CT molecular complexity index is 801. The third-order valence-corrected chi connectivity index (χ3v) is 5.28. The van der Waals surface area contributed by atoms with Crippen LogP contribution in [-0.4, -0.2) is 48.3 Å². The molecule has 2 aromatic rings. The van der Waals surface area contributed by atoms with Crippen molar-refractivity contribution in [3.8, 4) is 11.5 Å². The summed E-state index contributed by atoms with van der Waals surface area (Å²) in [5.41, 5.74) is 3.15. The second-order valence-corrected chi connectivity index (χ2v) is 6.87. The van der Waals surface area contributed by atoms with Crippen molar-refractivity contribution < 1.29 is 19.4 Å². The van der Waals surface area contributed by atoms with Gasteiger partial charge in [0.25, 0.3) is 0 Å². The van der Waals surface area contributed by atoms with Crippen LogP contribution in [0.2, 0.25) is 0 Å². The van der Waals surface area contributed by atoms with Gasteiger partial charge < -0.3 is 14.6 Å². The fourth-order valence-corrected chi connectivity index (χ4v) is 3.75. The van der Waals surface area contributed by atoms with Crippen molar-refractivity contribution in [1.82, 2.24) is 9.88 Å². The predicted molar refractivity (Wildman–Crippen MR) is 102 cm³/mol. The van der Waals surface area contributed by atoms with Gasteiger partial charge in [-0.3, -0.25) is 14.7 Å². The topological polar surface area (TPSA) is 71.9 Å². The predicted octanol–water partition coefficient (Wildman–Crippen LogP) is 3.29. The molecule has 0 aliphatic carbocycles. The highest BCUT2D eigenvalue weighted by Gasteiger charge is 2.31. The molecular formula is C21H26N2O4. The van der Waals surface area contributed by atoms with Gasteiger partial charge in [-0.1, -0.05) is 12.1 Å². The number of carbonyl (C=O) groups is 1. The maximum absolute atomic E-state index is 11.3. The van der Waals surface area contributed by atoms with Crippen molar-refractivity contribution in [2.24, 2.45) is 5.92 Å². The van der Waals surface area contributed by atoms with Crippen LogP contribution in [-0.2, 0) is 4.79 Å². The molecule has 6 heteroatoms. The van der Waals surface area contributed by atoms with Gasteiger partial charge in [0.15, 0.2) is 11.5 Å². The van der Waals surface area contributed by atoms with Crippen molar-refractivity contribution in [3.05, 3.63) is 53.3 Å². The number of ether oxygens (including phenoxy) is 2. The second-order valence-electron chi connectivity index (χ2n) is 6.87. The number of hydrogen-bond acceptors (Lipinski definition) is 5. The second kappa shape index (κ2) is 8.39. The largest absolute Gasteiger partial charge is 0.493 e. The molecule has 6 nitrogen and oxygen atoms in total. The Hall–Kier alpha value is -2.60. The van der Waals surface area contributed by atoms with Gasteiger partial charge in [0.2, 0.25) is 0 Å². The van der Waals surface area contributed by atoms with E-state index in [0.29, 0.717) is 37.4 Å². The lowest BCUT2D eigenvalue weighted by Gasteiger charge is -2.37. The Kier molecular flexibility index (Phi) is 5.96. The van der Waals surface area contributed by atoms with E-state index in [1.807, 2.05) is 24.3 Å². The van der Waals surface area contributed by atoms with Gasteiger partial charge in [-0.15, -0.1) is 0 Å². The smallest absolute Gasteiger partial charge is 0.306 e. The van der Waals surface area contributed by atoms with Crippen molar-refractivity contribution >= 4 is 5.97 Å². The summed E-state index contributed by atoms with van der Waals surface area (Å²) in [6.45, 7) is 3.48. The van der Waals surface area contributed by atoms with Gasteiger partial charge >= 0.3 is 5.97 Å². The van der Waals surface area contributed by atoms with Crippen LogP contribution in [0, 0.1) is 12.8 Å². The minimum absolute atomic E-state index is 0.0549. The zero-order valence-corrected chi connectivity index (χ0v) is 16.0. The number of hydrogen-bond donors (Lipinski definition) is 1. The lowest BCUT2D eigenvalue weighted by molar-refractivity contribution is -0.143. The number of carboxylic acid groups (broad SMARTS) is 1. The molecular weight excluding hydrogens is 344 g/mol. The molecule has 1 aromatic heterocycles. The standard InChI is InChI=1S/C21H26N2O4/c1-14-5-4-10-22-19(14)20(23-11-8-15(9-12-23)21(24)25)16-6-7-17(26-2)18(13-16)27-3/h4-7,10,13,15,20H,8-9,11-12H2,1-3H3,(H,24,25). The van der Waals surface area contributed by atoms with Gasteiger partial charge in [-0.2, -0.15) is 0 Å². The van der Waals surface area contributed by atoms with Gasteiger partial charge in [0.1, 0.15) is 0 Å². The average Bonchev–Trinajstić information content (AvgIpc) is 2.70. The first-order valence-electron chi connectivity index (χ1n) is 9.15. The summed E-state index contributed by atoms with van der Waals surface area (Å²) in [6, 6.07) is 9.86. The number of nitrogens with zero attached hydrogens (tertiary/aromatic N) is 2. The van der Waals surface area contributed by atoms with E-state index in [4.69, 9.17) is 9.47 Å². The zero-order valence-electron chi connectivity index (χ0n) is 16.0. The molecule has 0 radical (unpaired) electrons. The number of aromatic nitrogens is 1. The van der Waals surface area contributed by atoms with Gasteiger partial charge in [-0.25, -0.2) is 0 Å². The van der Waals surface area contributed by atoms with Crippen molar-refractivity contribution in [2.75, 3.05) is 27.3 Å². The fourth-order valence-electron chi connectivity index (χ4n) is 3.75. The van der Waals surface area contributed by atoms with E-state index in [2.05, 4.69) is 22.9 Å². The third-order valence-electron chi connectivity index (χ3n) is 5.28. The van der Waals surface area contributed by atoms with Crippen LogP contribution >= 0.6 is 0 Å². The number of benzene rings is 1. The zero-order chi connectivity index (χ0) is 19.4. The lowest BCUT2D eigenvalue weighted by atomic mass is 9.92. The third kappa shape index (κ3) is 4.06. The molecule has 1 atom stereocenters. The van der Waals surface area contributed by atoms with E-state index >= 15 is 0 Å². The van der Waals surface area contributed by atoms with Crippen LogP contribution in [0.15, 0.2) is 36.5 Å². The van der Waals surface area contributed by atoms with E-state index < -0.39 is 5.97 Å². The molecule has 1 aliphatic rings. The van der Waals surface area contributed by atoms with Crippen LogP contribution in [0.4, 0.5) is 0 Å². The molecule has 1 aromatic carbocycles. The number of pyridine rings is 1. The van der Waals surface area contributed by atoms with Gasteiger partial charge in [0.05, 0.1) is 31.9 Å². The van der Waals surface area contributed by atoms with E-state index in [-0.39, 0.29) is 12.0 Å². The van der Waals surface area contributed by atoms with Crippen molar-refractivity contribution in [2.45, 2.75) is 25.8 Å². The number of methoxy groups -OCH3 is 2. The molecule has 144 valence electrons. The first kappa shape index (κ1) is 19.2. The molecule has 1 aliphatic heterocycles. The SMILES string of the molecule is COc1ccc(C(c2ncccc2C)N2CCC(C(=O)O)CC2)cc1OC. The Balaban J connectivity index is 1.99. The summed E-state index contributed by atoms with van der Waals surface area (Å²) in [5.74, 6) is 0.389. The lowest BCUT2D eigenvalue weighted by Crippen LogP contribution is -2.39. The number of aryl methyl sites for hydroxylation is 1. The molecule has 3 rings (SSSR count). The first-order valence-corrected chi connectivity index (χ1v) is 9.15. The maximum Gasteiger partial charge on any atom is 0.306 e. The normalized spacial score (nSPS) is 16.7. The Labute approximate surface area is 159 Å². The molecule has 1 fully saturated rings. The minimum Gasteiger partial charge on any atom is -0.493 e. The summed E-state index contributed by atoms with van der Waals surface area (Å²) in [7, 11) is 3.25. The number of carboxylic acids is 1. The summed E-state index contributed by atoms with van der Waals surface area (Å²) >= 11 is 0.